The fraction of sp³-hybridized carbons (Fsp3) is 0.462. The van der Waals surface area contributed by atoms with Crippen LogP contribution in [0.5, 0.6) is 0 Å². The van der Waals surface area contributed by atoms with Crippen molar-refractivity contribution >= 4 is 39.2 Å². The number of nitrogens with one attached hydrogen (secondary N) is 1. The van der Waals surface area contributed by atoms with Gasteiger partial charge in [0.1, 0.15) is 0 Å². The van der Waals surface area contributed by atoms with Crippen molar-refractivity contribution < 1.29 is 9.90 Å². The molecule has 1 aliphatic rings. The monoisotopic (exact) mass is 329 g/mol. The number of aliphatic hydroxyl groups excluding tert-OH is 1. The molecule has 2 atom stereocenters. The molecule has 1 fully saturated rings. The summed E-state index contributed by atoms with van der Waals surface area (Å²) in [4.78, 5) is 12.6. The molecular weight excluding hydrogens is 314 g/mol. The molecule has 18 heavy (non-hydrogen) atoms. The molecule has 0 aromatic carbocycles. The van der Waals surface area contributed by atoms with Crippen LogP contribution in [-0.4, -0.2) is 23.7 Å². The first kappa shape index (κ1) is 13.8. The van der Waals surface area contributed by atoms with Crippen LogP contribution >= 0.6 is 27.3 Å². The number of hydrogen-bond acceptors (Lipinski definition) is 3. The largest absolute Gasteiger partial charge is 0.393 e. The Kier molecular flexibility index (Phi) is 4.97. The summed E-state index contributed by atoms with van der Waals surface area (Å²) in [5, 5.41) is 12.3. The Morgan fingerprint density at radius 1 is 1.56 bits per heavy atom. The van der Waals surface area contributed by atoms with Crippen molar-refractivity contribution in [3.63, 3.8) is 0 Å². The normalized spacial score (nSPS) is 23.7. The van der Waals surface area contributed by atoms with E-state index in [4.69, 9.17) is 0 Å². The molecule has 0 aliphatic heterocycles. The maximum Gasteiger partial charge on any atom is 0.244 e. The number of hydrogen-bond donors (Lipinski definition) is 2. The van der Waals surface area contributed by atoms with Gasteiger partial charge in [0.2, 0.25) is 5.91 Å². The second kappa shape index (κ2) is 6.50. The number of thiophene rings is 1. The lowest BCUT2D eigenvalue weighted by Gasteiger charge is -2.08. The highest BCUT2D eigenvalue weighted by Crippen LogP contribution is 2.24. The first-order valence-corrected chi connectivity index (χ1v) is 7.64. The number of amides is 1. The zero-order valence-electron chi connectivity index (χ0n) is 9.93. The molecule has 2 unspecified atom stereocenters. The molecule has 0 spiro atoms. The first-order chi connectivity index (χ1) is 8.63. The highest BCUT2D eigenvalue weighted by Gasteiger charge is 2.22. The van der Waals surface area contributed by atoms with Gasteiger partial charge < -0.3 is 10.4 Å². The quantitative estimate of drug-likeness (QED) is 0.834. The van der Waals surface area contributed by atoms with Gasteiger partial charge in [0, 0.05) is 17.5 Å². The maximum absolute atomic E-state index is 11.6. The molecule has 5 heteroatoms. The minimum Gasteiger partial charge on any atom is -0.393 e. The van der Waals surface area contributed by atoms with Crippen LogP contribution in [0.15, 0.2) is 22.0 Å². The second-order valence-electron chi connectivity index (χ2n) is 4.55. The van der Waals surface area contributed by atoms with E-state index in [1.54, 1.807) is 17.4 Å². The van der Waals surface area contributed by atoms with E-state index in [1.807, 2.05) is 18.2 Å². The van der Waals surface area contributed by atoms with Crippen LogP contribution in [0, 0.1) is 5.92 Å². The van der Waals surface area contributed by atoms with Crippen LogP contribution in [0.3, 0.4) is 0 Å². The van der Waals surface area contributed by atoms with E-state index in [-0.39, 0.29) is 12.0 Å². The molecule has 0 bridgehead atoms. The third kappa shape index (κ3) is 4.23. The van der Waals surface area contributed by atoms with Crippen LogP contribution < -0.4 is 5.32 Å². The summed E-state index contributed by atoms with van der Waals surface area (Å²) in [6, 6.07) is 3.92. The Morgan fingerprint density at radius 3 is 3.00 bits per heavy atom. The molecular formula is C13H16BrNO2S. The summed E-state index contributed by atoms with van der Waals surface area (Å²) in [5.41, 5.74) is 0. The lowest BCUT2D eigenvalue weighted by atomic mass is 10.1. The molecule has 2 rings (SSSR count). The van der Waals surface area contributed by atoms with E-state index >= 15 is 0 Å². The molecule has 1 aromatic rings. The van der Waals surface area contributed by atoms with Crippen LogP contribution in [0.2, 0.25) is 0 Å². The molecule has 0 saturated heterocycles. The SMILES string of the molecule is O=C(/C=C/c1ccc(Br)s1)NCC1CCC(O)C1. The predicted molar refractivity (Wildman–Crippen MR) is 77.4 cm³/mol. The smallest absolute Gasteiger partial charge is 0.244 e. The zero-order chi connectivity index (χ0) is 13.0. The van der Waals surface area contributed by atoms with Crippen molar-refractivity contribution in [3.05, 3.63) is 26.9 Å². The molecule has 98 valence electrons. The molecule has 3 nitrogen and oxygen atoms in total. The van der Waals surface area contributed by atoms with Crippen molar-refractivity contribution in [2.45, 2.75) is 25.4 Å². The number of rotatable bonds is 4. The zero-order valence-corrected chi connectivity index (χ0v) is 12.3. The summed E-state index contributed by atoms with van der Waals surface area (Å²) in [6.07, 6.45) is 5.87. The van der Waals surface area contributed by atoms with Crippen molar-refractivity contribution in [1.29, 1.82) is 0 Å². The fourth-order valence-corrected chi connectivity index (χ4v) is 3.44. The highest BCUT2D eigenvalue weighted by molar-refractivity contribution is 9.11. The van der Waals surface area contributed by atoms with Gasteiger partial charge in [0.15, 0.2) is 0 Å². The summed E-state index contributed by atoms with van der Waals surface area (Å²) in [5.74, 6) is 0.356. The van der Waals surface area contributed by atoms with Crippen LogP contribution in [-0.2, 0) is 4.79 Å². The molecule has 1 saturated carbocycles. The van der Waals surface area contributed by atoms with E-state index in [9.17, 15) is 9.90 Å². The van der Waals surface area contributed by atoms with Crippen LogP contribution in [0.4, 0.5) is 0 Å². The van der Waals surface area contributed by atoms with Gasteiger partial charge in [0.05, 0.1) is 9.89 Å². The Bertz CT molecular complexity index is 444. The Hall–Kier alpha value is -0.650. The Balaban J connectivity index is 1.73. The lowest BCUT2D eigenvalue weighted by Crippen LogP contribution is -2.26. The average molecular weight is 330 g/mol. The number of aliphatic hydroxyl groups is 1. The first-order valence-electron chi connectivity index (χ1n) is 6.03. The van der Waals surface area contributed by atoms with E-state index in [2.05, 4.69) is 21.2 Å². The van der Waals surface area contributed by atoms with Crippen molar-refractivity contribution in [1.82, 2.24) is 5.32 Å². The molecule has 1 aromatic heterocycles. The highest BCUT2D eigenvalue weighted by atomic mass is 79.9. The van der Waals surface area contributed by atoms with Gasteiger partial charge in [-0.2, -0.15) is 0 Å². The summed E-state index contributed by atoms with van der Waals surface area (Å²) in [7, 11) is 0. The number of carbonyl (C=O) groups excluding carboxylic acids is 1. The van der Waals surface area contributed by atoms with Gasteiger partial charge in [-0.15, -0.1) is 11.3 Å². The minimum atomic E-state index is -0.175. The van der Waals surface area contributed by atoms with Gasteiger partial charge in [-0.05, 0) is 59.3 Å². The Labute approximate surface area is 119 Å². The van der Waals surface area contributed by atoms with Crippen molar-refractivity contribution in [3.8, 4) is 0 Å². The van der Waals surface area contributed by atoms with E-state index in [0.29, 0.717) is 12.5 Å². The van der Waals surface area contributed by atoms with E-state index < -0.39 is 0 Å². The van der Waals surface area contributed by atoms with Crippen molar-refractivity contribution in [2.75, 3.05) is 6.54 Å². The minimum absolute atomic E-state index is 0.0686. The topological polar surface area (TPSA) is 49.3 Å². The molecule has 1 heterocycles. The van der Waals surface area contributed by atoms with Crippen LogP contribution in [0.25, 0.3) is 6.08 Å². The van der Waals surface area contributed by atoms with Gasteiger partial charge >= 0.3 is 0 Å². The molecule has 0 radical (unpaired) electrons. The fourth-order valence-electron chi connectivity index (χ4n) is 2.11. The van der Waals surface area contributed by atoms with E-state index in [0.717, 1.165) is 27.9 Å². The third-order valence-corrected chi connectivity index (χ3v) is 4.66. The standard InChI is InChI=1S/C13H16BrNO2S/c14-12-5-3-11(18-12)4-6-13(17)15-8-9-1-2-10(16)7-9/h3-6,9-10,16H,1-2,7-8H2,(H,15,17)/b6-4+. The lowest BCUT2D eigenvalue weighted by molar-refractivity contribution is -0.116. The average Bonchev–Trinajstić information content (AvgIpc) is 2.93. The molecule has 1 aliphatic carbocycles. The van der Waals surface area contributed by atoms with Gasteiger partial charge in [-0.25, -0.2) is 0 Å². The maximum atomic E-state index is 11.6. The number of halogens is 1. The van der Waals surface area contributed by atoms with Gasteiger partial charge in [0.25, 0.3) is 0 Å². The third-order valence-electron chi connectivity index (χ3n) is 3.07. The predicted octanol–water partition coefficient (Wildman–Crippen LogP) is 2.80. The van der Waals surface area contributed by atoms with Crippen LogP contribution in [0.1, 0.15) is 24.1 Å². The number of carbonyl (C=O) groups is 1. The molecule has 2 N–H and O–H groups in total. The summed E-state index contributed by atoms with van der Waals surface area (Å²) < 4.78 is 1.06. The van der Waals surface area contributed by atoms with E-state index in [1.165, 1.54) is 0 Å². The summed E-state index contributed by atoms with van der Waals surface area (Å²) >= 11 is 4.97. The van der Waals surface area contributed by atoms with Crippen molar-refractivity contribution in [2.24, 2.45) is 5.92 Å². The Morgan fingerprint density at radius 2 is 2.39 bits per heavy atom. The second-order valence-corrected chi connectivity index (χ2v) is 7.05. The summed E-state index contributed by atoms with van der Waals surface area (Å²) in [6.45, 7) is 0.661. The molecule has 1 amide bonds. The van der Waals surface area contributed by atoms with Gasteiger partial charge in [-0.3, -0.25) is 4.79 Å². The van der Waals surface area contributed by atoms with Gasteiger partial charge in [-0.1, -0.05) is 0 Å².